The predicted octanol–water partition coefficient (Wildman–Crippen LogP) is 5.81. The minimum Gasteiger partial charge on any atom is -0.454 e. The Bertz CT molecular complexity index is 1280. The van der Waals surface area contributed by atoms with Gasteiger partial charge in [0, 0.05) is 32.7 Å². The summed E-state index contributed by atoms with van der Waals surface area (Å²) in [6.45, 7) is 2.71. The minimum atomic E-state index is -4.48. The Kier molecular flexibility index (Phi) is 6.54. The Balaban J connectivity index is 1.36. The number of alkyl halides is 3. The van der Waals surface area contributed by atoms with E-state index in [0.717, 1.165) is 24.1 Å². The van der Waals surface area contributed by atoms with E-state index in [2.05, 4.69) is 10.2 Å². The number of hydrogen-bond donors (Lipinski definition) is 1. The number of rotatable bonds is 2. The first-order valence-corrected chi connectivity index (χ1v) is 11.8. The van der Waals surface area contributed by atoms with E-state index >= 15 is 0 Å². The number of carbonyl (C=O) groups excluding carboxylic acids is 1. The first-order chi connectivity index (χ1) is 17.4. The van der Waals surface area contributed by atoms with Gasteiger partial charge in [-0.2, -0.15) is 13.2 Å². The van der Waals surface area contributed by atoms with Crippen LogP contribution >= 0.6 is 0 Å². The number of fused-ring (bicyclic) bond motifs is 2. The molecular formula is C27H25F3N4O2. The highest BCUT2D eigenvalue weighted by Crippen LogP contribution is 2.41. The number of halogens is 3. The number of urea groups is 1. The van der Waals surface area contributed by atoms with Crippen molar-refractivity contribution in [1.29, 1.82) is 0 Å². The van der Waals surface area contributed by atoms with Crippen molar-refractivity contribution in [2.24, 2.45) is 4.99 Å². The Morgan fingerprint density at radius 1 is 0.917 bits per heavy atom. The maximum Gasteiger partial charge on any atom is 0.416 e. The first-order valence-electron chi connectivity index (χ1n) is 11.8. The molecule has 1 fully saturated rings. The first kappa shape index (κ1) is 23.7. The van der Waals surface area contributed by atoms with Gasteiger partial charge in [0.1, 0.15) is 17.3 Å². The van der Waals surface area contributed by atoms with Crippen LogP contribution in [0.2, 0.25) is 0 Å². The van der Waals surface area contributed by atoms with Gasteiger partial charge in [-0.1, -0.05) is 42.5 Å². The van der Waals surface area contributed by atoms with E-state index in [-0.39, 0.29) is 11.8 Å². The van der Waals surface area contributed by atoms with Crippen molar-refractivity contribution < 1.29 is 22.7 Å². The standard InChI is InChI=1S/C27H25F3N4O2/c28-27(29,30)20-11-12-22-24(17-20)36-23-10-5-4-9-21(23)25(32-22)33-13-6-14-34(16-15-33)26(35)31-18-19-7-2-1-3-8-19/h1-5,7-12,17H,6,13-16,18H2,(H,31,35). The molecule has 3 aromatic rings. The molecule has 5 rings (SSSR count). The molecule has 186 valence electrons. The smallest absolute Gasteiger partial charge is 0.416 e. The average molecular weight is 495 g/mol. The molecule has 6 nitrogen and oxygen atoms in total. The summed E-state index contributed by atoms with van der Waals surface area (Å²) in [5.74, 6) is 1.12. The van der Waals surface area contributed by atoms with Crippen LogP contribution in [0.4, 0.5) is 23.7 Å². The van der Waals surface area contributed by atoms with Crippen LogP contribution in [0.5, 0.6) is 11.5 Å². The lowest BCUT2D eigenvalue weighted by molar-refractivity contribution is -0.137. The molecule has 0 saturated carbocycles. The topological polar surface area (TPSA) is 57.2 Å². The van der Waals surface area contributed by atoms with Gasteiger partial charge in [0.2, 0.25) is 0 Å². The van der Waals surface area contributed by atoms with Crippen molar-refractivity contribution in [3.63, 3.8) is 0 Å². The molecule has 0 unspecified atom stereocenters. The molecule has 0 aromatic heterocycles. The quantitative estimate of drug-likeness (QED) is 0.490. The predicted molar refractivity (Wildman–Crippen MR) is 131 cm³/mol. The second kappa shape index (κ2) is 9.93. The summed E-state index contributed by atoms with van der Waals surface area (Å²) in [7, 11) is 0. The highest BCUT2D eigenvalue weighted by molar-refractivity contribution is 6.03. The number of amides is 2. The lowest BCUT2D eigenvalue weighted by atomic mass is 10.1. The van der Waals surface area contributed by atoms with Crippen LogP contribution in [0.15, 0.2) is 77.8 Å². The lowest BCUT2D eigenvalue weighted by Gasteiger charge is -2.25. The number of para-hydroxylation sites is 1. The number of benzene rings is 3. The number of nitrogens with one attached hydrogen (secondary N) is 1. The second-order valence-corrected chi connectivity index (χ2v) is 8.69. The number of carbonyl (C=O) groups is 1. The van der Waals surface area contributed by atoms with Crippen molar-refractivity contribution >= 4 is 17.6 Å². The lowest BCUT2D eigenvalue weighted by Crippen LogP contribution is -2.42. The summed E-state index contributed by atoms with van der Waals surface area (Å²) in [6, 6.07) is 20.1. The van der Waals surface area contributed by atoms with E-state index in [1.807, 2.05) is 42.5 Å². The van der Waals surface area contributed by atoms with Crippen molar-refractivity contribution in [3.8, 4) is 11.5 Å². The van der Waals surface area contributed by atoms with Crippen LogP contribution < -0.4 is 10.1 Å². The fourth-order valence-electron chi connectivity index (χ4n) is 4.36. The molecule has 2 aliphatic rings. The van der Waals surface area contributed by atoms with Gasteiger partial charge in [-0.3, -0.25) is 0 Å². The van der Waals surface area contributed by atoms with Crippen molar-refractivity contribution in [2.75, 3.05) is 26.2 Å². The molecule has 0 spiro atoms. The summed E-state index contributed by atoms with van der Waals surface area (Å²) >= 11 is 0. The van der Waals surface area contributed by atoms with Crippen molar-refractivity contribution in [1.82, 2.24) is 15.1 Å². The number of ether oxygens (including phenoxy) is 1. The summed E-state index contributed by atoms with van der Waals surface area (Å²) in [6.07, 6.45) is -3.76. The maximum absolute atomic E-state index is 13.3. The molecule has 0 aliphatic carbocycles. The second-order valence-electron chi connectivity index (χ2n) is 8.69. The van der Waals surface area contributed by atoms with Gasteiger partial charge in [-0.15, -0.1) is 0 Å². The number of aliphatic imine (C=N–C) groups is 1. The number of hydrogen-bond acceptors (Lipinski definition) is 4. The van der Waals surface area contributed by atoms with Gasteiger partial charge in [0.05, 0.1) is 11.1 Å². The van der Waals surface area contributed by atoms with Crippen LogP contribution in [-0.4, -0.2) is 47.8 Å². The van der Waals surface area contributed by atoms with E-state index in [0.29, 0.717) is 55.6 Å². The molecular weight excluding hydrogens is 469 g/mol. The van der Waals surface area contributed by atoms with Crippen LogP contribution in [0.3, 0.4) is 0 Å². The van der Waals surface area contributed by atoms with Crippen LogP contribution in [-0.2, 0) is 12.7 Å². The third kappa shape index (κ3) is 5.15. The van der Waals surface area contributed by atoms with Crippen molar-refractivity contribution in [3.05, 3.63) is 89.5 Å². The Morgan fingerprint density at radius 2 is 1.69 bits per heavy atom. The molecule has 3 aromatic carbocycles. The number of nitrogens with zero attached hydrogens (tertiary/aromatic N) is 3. The molecule has 2 aliphatic heterocycles. The molecule has 0 atom stereocenters. The maximum atomic E-state index is 13.3. The van der Waals surface area contributed by atoms with E-state index in [1.54, 1.807) is 17.0 Å². The van der Waals surface area contributed by atoms with Gasteiger partial charge >= 0.3 is 12.2 Å². The van der Waals surface area contributed by atoms with Crippen molar-refractivity contribution in [2.45, 2.75) is 19.1 Å². The van der Waals surface area contributed by atoms with Gasteiger partial charge in [-0.25, -0.2) is 9.79 Å². The van der Waals surface area contributed by atoms with Crippen LogP contribution in [0, 0.1) is 0 Å². The highest BCUT2D eigenvalue weighted by atomic mass is 19.4. The van der Waals surface area contributed by atoms with E-state index in [9.17, 15) is 18.0 Å². The number of amidine groups is 1. The molecule has 1 N–H and O–H groups in total. The third-order valence-corrected chi connectivity index (χ3v) is 6.23. The fourth-order valence-corrected chi connectivity index (χ4v) is 4.36. The largest absolute Gasteiger partial charge is 0.454 e. The van der Waals surface area contributed by atoms with Crippen LogP contribution in [0.1, 0.15) is 23.1 Å². The van der Waals surface area contributed by atoms with E-state index < -0.39 is 11.7 Å². The summed E-state index contributed by atoms with van der Waals surface area (Å²) in [5, 5.41) is 2.97. The SMILES string of the molecule is O=C(NCc1ccccc1)N1CCCN(C2=Nc3ccc(C(F)(F)F)cc3Oc3ccccc32)CC1. The average Bonchev–Trinajstić information content (AvgIpc) is 3.22. The Labute approximate surface area is 207 Å². The minimum absolute atomic E-state index is 0.0593. The Morgan fingerprint density at radius 3 is 2.50 bits per heavy atom. The fraction of sp³-hybridized carbons (Fsp3) is 0.259. The highest BCUT2D eigenvalue weighted by Gasteiger charge is 2.32. The van der Waals surface area contributed by atoms with Gasteiger partial charge in [0.15, 0.2) is 5.75 Å². The molecule has 1 saturated heterocycles. The van der Waals surface area contributed by atoms with Gasteiger partial charge < -0.3 is 19.9 Å². The molecule has 2 heterocycles. The zero-order valence-corrected chi connectivity index (χ0v) is 19.5. The Hall–Kier alpha value is -4.01. The molecule has 0 radical (unpaired) electrons. The molecule has 36 heavy (non-hydrogen) atoms. The summed E-state index contributed by atoms with van der Waals surface area (Å²) in [5.41, 5.74) is 1.27. The zero-order chi connectivity index (χ0) is 25.1. The normalized spacial score (nSPS) is 15.6. The van der Waals surface area contributed by atoms with E-state index in [1.165, 1.54) is 6.07 Å². The molecule has 9 heteroatoms. The monoisotopic (exact) mass is 494 g/mol. The van der Waals surface area contributed by atoms with Gasteiger partial charge in [0.25, 0.3) is 0 Å². The summed E-state index contributed by atoms with van der Waals surface area (Å²) < 4.78 is 45.8. The van der Waals surface area contributed by atoms with Gasteiger partial charge in [-0.05, 0) is 42.3 Å². The third-order valence-electron chi connectivity index (χ3n) is 6.23. The van der Waals surface area contributed by atoms with E-state index in [4.69, 9.17) is 9.73 Å². The molecule has 0 bridgehead atoms. The van der Waals surface area contributed by atoms with Crippen LogP contribution in [0.25, 0.3) is 0 Å². The zero-order valence-electron chi connectivity index (χ0n) is 19.5. The molecule has 2 amide bonds. The summed E-state index contributed by atoms with van der Waals surface area (Å²) in [4.78, 5) is 21.4.